The van der Waals surface area contributed by atoms with Gasteiger partial charge in [0.1, 0.15) is 5.76 Å². The van der Waals surface area contributed by atoms with E-state index in [1.165, 1.54) is 0 Å². The summed E-state index contributed by atoms with van der Waals surface area (Å²) in [5.74, 6) is 0.821. The number of aryl methyl sites for hydroxylation is 1. The molecule has 8 heteroatoms. The van der Waals surface area contributed by atoms with Crippen molar-refractivity contribution in [2.45, 2.75) is 19.9 Å². The van der Waals surface area contributed by atoms with E-state index in [1.54, 1.807) is 35.2 Å². The Morgan fingerprint density at radius 1 is 1.07 bits per heavy atom. The first-order chi connectivity index (χ1) is 12.8. The normalized spacial score (nSPS) is 16.2. The zero-order valence-corrected chi connectivity index (χ0v) is 16.7. The summed E-state index contributed by atoms with van der Waals surface area (Å²) < 4.78 is 5.41. The second-order valence-electron chi connectivity index (χ2n) is 6.53. The van der Waals surface area contributed by atoms with Crippen LogP contribution in [-0.4, -0.2) is 53.8 Å². The third-order valence-corrected chi connectivity index (χ3v) is 5.41. The van der Waals surface area contributed by atoms with Crippen LogP contribution >= 0.6 is 23.2 Å². The zero-order chi connectivity index (χ0) is 19.6. The lowest BCUT2D eigenvalue weighted by atomic mass is 10.2. The van der Waals surface area contributed by atoms with Gasteiger partial charge in [0.15, 0.2) is 5.76 Å². The fourth-order valence-corrected chi connectivity index (χ4v) is 3.30. The van der Waals surface area contributed by atoms with Crippen LogP contribution in [0.1, 0.15) is 23.2 Å². The molecule has 3 rings (SSSR count). The van der Waals surface area contributed by atoms with Gasteiger partial charge in [0.2, 0.25) is 5.91 Å². The van der Waals surface area contributed by atoms with Crippen LogP contribution in [0.25, 0.3) is 0 Å². The van der Waals surface area contributed by atoms with Gasteiger partial charge in [0, 0.05) is 31.9 Å². The number of amides is 2. The van der Waals surface area contributed by atoms with Gasteiger partial charge in [0.25, 0.3) is 5.91 Å². The fraction of sp³-hybridized carbons (Fsp3) is 0.368. The number of nitrogens with zero attached hydrogens (tertiary/aromatic N) is 2. The van der Waals surface area contributed by atoms with Gasteiger partial charge in [-0.1, -0.05) is 23.2 Å². The summed E-state index contributed by atoms with van der Waals surface area (Å²) in [4.78, 5) is 28.8. The number of hydrogen-bond donors (Lipinski definition) is 1. The van der Waals surface area contributed by atoms with Crippen molar-refractivity contribution in [3.63, 3.8) is 0 Å². The third kappa shape index (κ3) is 4.64. The Kier molecular flexibility index (Phi) is 6.09. The van der Waals surface area contributed by atoms with E-state index in [9.17, 15) is 9.59 Å². The summed E-state index contributed by atoms with van der Waals surface area (Å²) in [6, 6.07) is 8.11. The Hall–Kier alpha value is -2.02. The van der Waals surface area contributed by atoms with E-state index in [-0.39, 0.29) is 17.9 Å². The Morgan fingerprint density at radius 3 is 2.37 bits per heavy atom. The van der Waals surface area contributed by atoms with Gasteiger partial charge in [-0.25, -0.2) is 0 Å². The molecule has 1 N–H and O–H groups in total. The maximum atomic E-state index is 12.5. The molecule has 0 spiro atoms. The minimum atomic E-state index is -0.331. The van der Waals surface area contributed by atoms with Crippen LogP contribution in [0.4, 0.5) is 5.69 Å². The number of halogens is 2. The van der Waals surface area contributed by atoms with Gasteiger partial charge in [-0.2, -0.15) is 0 Å². The number of piperazine rings is 1. The van der Waals surface area contributed by atoms with Crippen LogP contribution in [0.3, 0.4) is 0 Å². The molecule has 0 aliphatic carbocycles. The van der Waals surface area contributed by atoms with Crippen molar-refractivity contribution in [3.05, 3.63) is 51.9 Å². The topological polar surface area (TPSA) is 65.8 Å². The van der Waals surface area contributed by atoms with E-state index in [0.717, 1.165) is 0 Å². The van der Waals surface area contributed by atoms with Crippen molar-refractivity contribution in [2.24, 2.45) is 0 Å². The molecular weight excluding hydrogens is 389 g/mol. The Bertz CT molecular complexity index is 844. The van der Waals surface area contributed by atoms with Gasteiger partial charge in [-0.15, -0.1) is 0 Å². The SMILES string of the molecule is Cc1ccc(C(=O)N2CCN(C(C)C(=O)Nc3ccc(Cl)c(Cl)c3)CC2)o1. The predicted molar refractivity (Wildman–Crippen MR) is 105 cm³/mol. The molecule has 2 heterocycles. The number of hydrogen-bond acceptors (Lipinski definition) is 4. The molecule has 0 saturated carbocycles. The number of carbonyl (C=O) groups is 2. The molecule has 27 heavy (non-hydrogen) atoms. The highest BCUT2D eigenvalue weighted by Crippen LogP contribution is 2.25. The summed E-state index contributed by atoms with van der Waals surface area (Å²) in [6.07, 6.45) is 0. The van der Waals surface area contributed by atoms with Gasteiger partial charge in [0.05, 0.1) is 16.1 Å². The summed E-state index contributed by atoms with van der Waals surface area (Å²) in [5.41, 5.74) is 0.600. The first-order valence-electron chi connectivity index (χ1n) is 8.71. The van der Waals surface area contributed by atoms with Crippen molar-refractivity contribution in [3.8, 4) is 0 Å². The average molecular weight is 410 g/mol. The average Bonchev–Trinajstić information content (AvgIpc) is 3.10. The largest absolute Gasteiger partial charge is 0.456 e. The quantitative estimate of drug-likeness (QED) is 0.835. The molecule has 144 valence electrons. The zero-order valence-electron chi connectivity index (χ0n) is 15.2. The molecule has 2 aromatic rings. The molecule has 1 atom stereocenters. The molecule has 0 radical (unpaired) electrons. The van der Waals surface area contributed by atoms with E-state index in [4.69, 9.17) is 27.6 Å². The lowest BCUT2D eigenvalue weighted by molar-refractivity contribution is -0.121. The first-order valence-corrected chi connectivity index (χ1v) is 9.46. The molecule has 1 aliphatic rings. The second kappa shape index (κ2) is 8.33. The first kappa shape index (κ1) is 19.7. The molecular formula is C19H21Cl2N3O3. The third-order valence-electron chi connectivity index (χ3n) is 4.67. The maximum Gasteiger partial charge on any atom is 0.289 e. The molecule has 1 aliphatic heterocycles. The summed E-state index contributed by atoms with van der Waals surface area (Å²) >= 11 is 11.9. The molecule has 1 unspecified atom stereocenters. The molecule has 1 aromatic heterocycles. The smallest absolute Gasteiger partial charge is 0.289 e. The van der Waals surface area contributed by atoms with Crippen LogP contribution in [0.15, 0.2) is 34.7 Å². The molecule has 2 amide bonds. The summed E-state index contributed by atoms with van der Waals surface area (Å²) in [7, 11) is 0. The highest BCUT2D eigenvalue weighted by molar-refractivity contribution is 6.42. The standard InChI is InChI=1S/C19H21Cl2N3O3/c1-12-3-6-17(27-12)19(26)24-9-7-23(8-10-24)13(2)18(25)22-14-4-5-15(20)16(21)11-14/h3-6,11,13H,7-10H2,1-2H3,(H,22,25). The van der Waals surface area contributed by atoms with Crippen molar-refractivity contribution in [1.82, 2.24) is 9.80 Å². The summed E-state index contributed by atoms with van der Waals surface area (Å²) in [5, 5.41) is 3.68. The van der Waals surface area contributed by atoms with E-state index in [1.807, 2.05) is 18.7 Å². The molecule has 1 aromatic carbocycles. The Morgan fingerprint density at radius 2 is 1.78 bits per heavy atom. The van der Waals surface area contributed by atoms with Gasteiger partial charge >= 0.3 is 0 Å². The lowest BCUT2D eigenvalue weighted by Crippen LogP contribution is -2.54. The van der Waals surface area contributed by atoms with Crippen LogP contribution in [0.2, 0.25) is 10.0 Å². The van der Waals surface area contributed by atoms with Gasteiger partial charge in [-0.05, 0) is 44.2 Å². The van der Waals surface area contributed by atoms with Crippen molar-refractivity contribution in [2.75, 3.05) is 31.5 Å². The predicted octanol–water partition coefficient (Wildman–Crippen LogP) is 3.68. The Balaban J connectivity index is 1.54. The minimum Gasteiger partial charge on any atom is -0.456 e. The van der Waals surface area contributed by atoms with Crippen LogP contribution in [0.5, 0.6) is 0 Å². The van der Waals surface area contributed by atoms with Crippen molar-refractivity contribution < 1.29 is 14.0 Å². The number of anilines is 1. The minimum absolute atomic E-state index is 0.115. The van der Waals surface area contributed by atoms with Crippen LogP contribution in [0, 0.1) is 6.92 Å². The van der Waals surface area contributed by atoms with E-state index < -0.39 is 0 Å². The molecule has 1 fully saturated rings. The molecule has 6 nitrogen and oxygen atoms in total. The highest BCUT2D eigenvalue weighted by Gasteiger charge is 2.29. The van der Waals surface area contributed by atoms with E-state index in [0.29, 0.717) is 53.4 Å². The monoisotopic (exact) mass is 409 g/mol. The number of furan rings is 1. The number of benzene rings is 1. The van der Waals surface area contributed by atoms with Gasteiger partial charge in [-0.3, -0.25) is 14.5 Å². The van der Waals surface area contributed by atoms with Crippen molar-refractivity contribution in [1.29, 1.82) is 0 Å². The van der Waals surface area contributed by atoms with E-state index >= 15 is 0 Å². The number of rotatable bonds is 4. The lowest BCUT2D eigenvalue weighted by Gasteiger charge is -2.37. The maximum absolute atomic E-state index is 12.5. The summed E-state index contributed by atoms with van der Waals surface area (Å²) in [6.45, 7) is 5.97. The Labute approximate surface area is 168 Å². The van der Waals surface area contributed by atoms with Crippen molar-refractivity contribution >= 4 is 40.7 Å². The molecule has 1 saturated heterocycles. The van der Waals surface area contributed by atoms with Crippen LogP contribution in [-0.2, 0) is 4.79 Å². The van der Waals surface area contributed by atoms with Crippen LogP contribution < -0.4 is 5.32 Å². The number of carbonyl (C=O) groups excluding carboxylic acids is 2. The molecule has 0 bridgehead atoms. The number of nitrogens with one attached hydrogen (secondary N) is 1. The second-order valence-corrected chi connectivity index (χ2v) is 7.35. The van der Waals surface area contributed by atoms with Gasteiger partial charge < -0.3 is 14.6 Å². The fourth-order valence-electron chi connectivity index (χ4n) is 3.00. The highest BCUT2D eigenvalue weighted by atomic mass is 35.5. The van der Waals surface area contributed by atoms with E-state index in [2.05, 4.69) is 5.32 Å².